The second-order valence-electron chi connectivity index (χ2n) is 3.96. The highest BCUT2D eigenvalue weighted by Gasteiger charge is 2.12. The predicted molar refractivity (Wildman–Crippen MR) is 72.6 cm³/mol. The van der Waals surface area contributed by atoms with E-state index in [4.69, 9.17) is 0 Å². The Labute approximate surface area is 108 Å². The van der Waals surface area contributed by atoms with Crippen molar-refractivity contribution >= 4 is 17.5 Å². The van der Waals surface area contributed by atoms with Crippen LogP contribution in [0.2, 0.25) is 0 Å². The van der Waals surface area contributed by atoms with Crippen LogP contribution in [0.5, 0.6) is 0 Å². The minimum absolute atomic E-state index is 0.00685. The van der Waals surface area contributed by atoms with E-state index in [0.717, 1.165) is 0 Å². The van der Waals surface area contributed by atoms with Crippen molar-refractivity contribution < 1.29 is 9.59 Å². The number of rotatable bonds is 5. The number of nitrogens with zero attached hydrogens (tertiary/aromatic N) is 1. The van der Waals surface area contributed by atoms with E-state index in [1.54, 1.807) is 36.1 Å². The summed E-state index contributed by atoms with van der Waals surface area (Å²) in [5.41, 5.74) is 1.27. The SMILES string of the molecule is CCC(=O)Nc1cccc(C(=O)N(CC)CC)c1. The van der Waals surface area contributed by atoms with Gasteiger partial charge in [-0.2, -0.15) is 0 Å². The lowest BCUT2D eigenvalue weighted by Gasteiger charge is -2.18. The number of carbonyl (C=O) groups excluding carboxylic acids is 2. The molecule has 0 aliphatic rings. The Bertz CT molecular complexity index is 426. The van der Waals surface area contributed by atoms with Crippen molar-refractivity contribution in [3.63, 3.8) is 0 Å². The van der Waals surface area contributed by atoms with Gasteiger partial charge >= 0.3 is 0 Å². The summed E-state index contributed by atoms with van der Waals surface area (Å²) in [6.07, 6.45) is 0.425. The van der Waals surface area contributed by atoms with Gasteiger partial charge in [0.15, 0.2) is 0 Å². The molecular weight excluding hydrogens is 228 g/mol. The molecule has 0 saturated carbocycles. The molecule has 0 heterocycles. The molecule has 1 aromatic rings. The Hall–Kier alpha value is -1.84. The molecule has 0 atom stereocenters. The maximum absolute atomic E-state index is 12.1. The summed E-state index contributed by atoms with van der Waals surface area (Å²) in [7, 11) is 0. The van der Waals surface area contributed by atoms with Gasteiger partial charge in [-0.05, 0) is 32.0 Å². The normalized spacial score (nSPS) is 9.94. The van der Waals surface area contributed by atoms with Gasteiger partial charge < -0.3 is 10.2 Å². The third kappa shape index (κ3) is 3.58. The molecule has 4 nitrogen and oxygen atoms in total. The molecule has 1 N–H and O–H groups in total. The zero-order valence-electron chi connectivity index (χ0n) is 11.2. The zero-order valence-corrected chi connectivity index (χ0v) is 11.2. The summed E-state index contributed by atoms with van der Waals surface area (Å²) in [5, 5.41) is 2.75. The van der Waals surface area contributed by atoms with Gasteiger partial charge in [0, 0.05) is 30.8 Å². The molecule has 0 saturated heterocycles. The third-order valence-corrected chi connectivity index (χ3v) is 2.77. The molecule has 0 radical (unpaired) electrons. The summed E-state index contributed by atoms with van der Waals surface area (Å²) in [5.74, 6) is -0.0602. The second-order valence-corrected chi connectivity index (χ2v) is 3.96. The predicted octanol–water partition coefficient (Wildman–Crippen LogP) is 2.52. The first-order valence-electron chi connectivity index (χ1n) is 6.31. The Balaban J connectivity index is 2.87. The maximum atomic E-state index is 12.1. The highest BCUT2D eigenvalue weighted by Crippen LogP contribution is 2.13. The highest BCUT2D eigenvalue weighted by atomic mass is 16.2. The topological polar surface area (TPSA) is 49.4 Å². The van der Waals surface area contributed by atoms with Gasteiger partial charge in [-0.25, -0.2) is 0 Å². The van der Waals surface area contributed by atoms with Crippen LogP contribution in [0.1, 0.15) is 37.6 Å². The summed E-state index contributed by atoms with van der Waals surface area (Å²) in [4.78, 5) is 25.2. The second kappa shape index (κ2) is 6.79. The van der Waals surface area contributed by atoms with Crippen LogP contribution in [-0.4, -0.2) is 29.8 Å². The Morgan fingerprint density at radius 1 is 1.17 bits per heavy atom. The van der Waals surface area contributed by atoms with E-state index in [2.05, 4.69) is 5.32 Å². The van der Waals surface area contributed by atoms with E-state index < -0.39 is 0 Å². The quantitative estimate of drug-likeness (QED) is 0.870. The maximum Gasteiger partial charge on any atom is 0.253 e. The summed E-state index contributed by atoms with van der Waals surface area (Å²) in [6.45, 7) is 7.05. The first-order valence-corrected chi connectivity index (χ1v) is 6.31. The Morgan fingerprint density at radius 2 is 1.83 bits per heavy atom. The lowest BCUT2D eigenvalue weighted by molar-refractivity contribution is -0.115. The van der Waals surface area contributed by atoms with E-state index in [0.29, 0.717) is 30.8 Å². The minimum Gasteiger partial charge on any atom is -0.339 e. The summed E-state index contributed by atoms with van der Waals surface area (Å²) < 4.78 is 0. The molecule has 2 amide bonds. The van der Waals surface area contributed by atoms with Crippen LogP contribution in [0.15, 0.2) is 24.3 Å². The number of carbonyl (C=O) groups is 2. The van der Waals surface area contributed by atoms with Crippen LogP contribution < -0.4 is 5.32 Å². The Kier molecular flexibility index (Phi) is 5.36. The number of amides is 2. The molecule has 0 bridgehead atoms. The van der Waals surface area contributed by atoms with Crippen molar-refractivity contribution in [2.24, 2.45) is 0 Å². The van der Waals surface area contributed by atoms with Crippen molar-refractivity contribution in [1.29, 1.82) is 0 Å². The fourth-order valence-electron chi connectivity index (χ4n) is 1.67. The minimum atomic E-state index is -0.0533. The van der Waals surface area contributed by atoms with Gasteiger partial charge in [0.1, 0.15) is 0 Å². The average Bonchev–Trinajstić information content (AvgIpc) is 2.40. The fraction of sp³-hybridized carbons (Fsp3) is 0.429. The van der Waals surface area contributed by atoms with Gasteiger partial charge in [-0.15, -0.1) is 0 Å². The van der Waals surface area contributed by atoms with Crippen molar-refractivity contribution in [3.05, 3.63) is 29.8 Å². The molecule has 1 aromatic carbocycles. The molecule has 0 unspecified atom stereocenters. The molecule has 1 rings (SSSR count). The van der Waals surface area contributed by atoms with E-state index in [-0.39, 0.29) is 11.8 Å². The van der Waals surface area contributed by atoms with Crippen LogP contribution in [-0.2, 0) is 4.79 Å². The first kappa shape index (κ1) is 14.2. The molecule has 18 heavy (non-hydrogen) atoms. The van der Waals surface area contributed by atoms with E-state index in [1.165, 1.54) is 0 Å². The Morgan fingerprint density at radius 3 is 2.39 bits per heavy atom. The van der Waals surface area contributed by atoms with E-state index in [1.807, 2.05) is 13.8 Å². The van der Waals surface area contributed by atoms with Crippen LogP contribution in [0.3, 0.4) is 0 Å². The number of hydrogen-bond acceptors (Lipinski definition) is 2. The molecule has 0 aliphatic carbocycles. The van der Waals surface area contributed by atoms with Gasteiger partial charge in [0.2, 0.25) is 5.91 Å². The number of benzene rings is 1. The molecular formula is C14H20N2O2. The molecule has 4 heteroatoms. The van der Waals surface area contributed by atoms with Gasteiger partial charge in [0.25, 0.3) is 5.91 Å². The zero-order chi connectivity index (χ0) is 13.5. The van der Waals surface area contributed by atoms with Gasteiger partial charge in [-0.3, -0.25) is 9.59 Å². The lowest BCUT2D eigenvalue weighted by Crippen LogP contribution is -2.30. The monoisotopic (exact) mass is 248 g/mol. The number of nitrogens with one attached hydrogen (secondary N) is 1. The molecule has 0 aromatic heterocycles. The largest absolute Gasteiger partial charge is 0.339 e. The molecule has 0 aliphatic heterocycles. The van der Waals surface area contributed by atoms with Gasteiger partial charge in [-0.1, -0.05) is 13.0 Å². The van der Waals surface area contributed by atoms with Crippen LogP contribution in [0, 0.1) is 0 Å². The van der Waals surface area contributed by atoms with Crippen LogP contribution in [0.25, 0.3) is 0 Å². The molecule has 0 spiro atoms. The van der Waals surface area contributed by atoms with Crippen molar-refractivity contribution in [2.45, 2.75) is 27.2 Å². The average molecular weight is 248 g/mol. The lowest BCUT2D eigenvalue weighted by atomic mass is 10.1. The standard InChI is InChI=1S/C14H20N2O2/c1-4-13(17)15-12-9-7-8-11(10-12)14(18)16(5-2)6-3/h7-10H,4-6H2,1-3H3,(H,15,17). The summed E-state index contributed by atoms with van der Waals surface area (Å²) >= 11 is 0. The molecule has 0 fully saturated rings. The van der Waals surface area contributed by atoms with Crippen molar-refractivity contribution in [1.82, 2.24) is 4.90 Å². The van der Waals surface area contributed by atoms with E-state index in [9.17, 15) is 9.59 Å². The summed E-state index contributed by atoms with van der Waals surface area (Å²) in [6, 6.07) is 7.05. The first-order chi connectivity index (χ1) is 8.62. The number of anilines is 1. The van der Waals surface area contributed by atoms with Crippen molar-refractivity contribution in [3.8, 4) is 0 Å². The smallest absolute Gasteiger partial charge is 0.253 e. The van der Waals surface area contributed by atoms with Crippen molar-refractivity contribution in [2.75, 3.05) is 18.4 Å². The van der Waals surface area contributed by atoms with E-state index >= 15 is 0 Å². The van der Waals surface area contributed by atoms with Crippen LogP contribution >= 0.6 is 0 Å². The third-order valence-electron chi connectivity index (χ3n) is 2.77. The number of hydrogen-bond donors (Lipinski definition) is 1. The highest BCUT2D eigenvalue weighted by molar-refractivity contribution is 5.97. The van der Waals surface area contributed by atoms with Crippen LogP contribution in [0.4, 0.5) is 5.69 Å². The van der Waals surface area contributed by atoms with Gasteiger partial charge in [0.05, 0.1) is 0 Å². The fourth-order valence-corrected chi connectivity index (χ4v) is 1.67. The molecule has 98 valence electrons.